The van der Waals surface area contributed by atoms with Crippen LogP contribution in [0.1, 0.15) is 5.76 Å². The Bertz CT molecular complexity index is 868. The van der Waals surface area contributed by atoms with Crippen molar-refractivity contribution < 1.29 is 8.81 Å². The van der Waals surface area contributed by atoms with Crippen LogP contribution in [0, 0.1) is 12.7 Å². The summed E-state index contributed by atoms with van der Waals surface area (Å²) in [6.45, 7) is 1.71. The van der Waals surface area contributed by atoms with Crippen molar-refractivity contribution in [3.63, 3.8) is 0 Å². The standard InChI is InChI=1S/C16H10ClFO2/c1-9-15(10-3-2-4-11(17)7-10)16(19)13-8-12(18)5-6-14(13)20-9/h2-8H,1H3. The van der Waals surface area contributed by atoms with Crippen LogP contribution in [0.15, 0.2) is 51.7 Å². The second kappa shape index (κ2) is 4.76. The topological polar surface area (TPSA) is 30.2 Å². The van der Waals surface area contributed by atoms with Crippen molar-refractivity contribution in [1.29, 1.82) is 0 Å². The molecule has 2 nitrogen and oxygen atoms in total. The van der Waals surface area contributed by atoms with Crippen LogP contribution in [0.3, 0.4) is 0 Å². The molecule has 0 saturated carbocycles. The summed E-state index contributed by atoms with van der Waals surface area (Å²) in [4.78, 5) is 12.5. The lowest BCUT2D eigenvalue weighted by Gasteiger charge is -2.07. The number of hydrogen-bond donors (Lipinski definition) is 0. The van der Waals surface area contributed by atoms with Gasteiger partial charge in [0.15, 0.2) is 0 Å². The predicted octanol–water partition coefficient (Wildman–Crippen LogP) is 4.56. The van der Waals surface area contributed by atoms with E-state index in [1.165, 1.54) is 18.2 Å². The molecule has 0 spiro atoms. The van der Waals surface area contributed by atoms with Gasteiger partial charge in [0.1, 0.15) is 17.2 Å². The van der Waals surface area contributed by atoms with Crippen LogP contribution in [0.25, 0.3) is 22.1 Å². The first-order chi connectivity index (χ1) is 9.56. The maximum absolute atomic E-state index is 13.3. The molecule has 20 heavy (non-hydrogen) atoms. The van der Waals surface area contributed by atoms with Crippen molar-refractivity contribution in [2.45, 2.75) is 6.92 Å². The van der Waals surface area contributed by atoms with E-state index in [0.29, 0.717) is 27.5 Å². The number of fused-ring (bicyclic) bond motifs is 1. The largest absolute Gasteiger partial charge is 0.460 e. The van der Waals surface area contributed by atoms with Gasteiger partial charge < -0.3 is 4.42 Å². The molecule has 0 unspecified atom stereocenters. The summed E-state index contributed by atoms with van der Waals surface area (Å²) in [7, 11) is 0. The maximum Gasteiger partial charge on any atom is 0.200 e. The van der Waals surface area contributed by atoms with Gasteiger partial charge in [-0.3, -0.25) is 4.79 Å². The van der Waals surface area contributed by atoms with E-state index in [1.807, 2.05) is 0 Å². The molecule has 0 amide bonds. The van der Waals surface area contributed by atoms with Crippen molar-refractivity contribution in [1.82, 2.24) is 0 Å². The summed E-state index contributed by atoms with van der Waals surface area (Å²) >= 11 is 5.95. The molecule has 0 aliphatic rings. The molecular weight excluding hydrogens is 279 g/mol. The molecular formula is C16H10ClFO2. The van der Waals surface area contributed by atoms with Crippen molar-refractivity contribution in [2.24, 2.45) is 0 Å². The number of rotatable bonds is 1. The number of halogens is 2. The van der Waals surface area contributed by atoms with Gasteiger partial charge in [0, 0.05) is 5.02 Å². The Kier molecular flexibility index (Phi) is 3.07. The number of benzene rings is 2. The summed E-state index contributed by atoms with van der Waals surface area (Å²) in [6.07, 6.45) is 0. The van der Waals surface area contributed by atoms with Crippen LogP contribution < -0.4 is 5.43 Å². The summed E-state index contributed by atoms with van der Waals surface area (Å²) in [5.41, 5.74) is 1.19. The lowest BCUT2D eigenvalue weighted by molar-refractivity contribution is 0.564. The molecule has 100 valence electrons. The maximum atomic E-state index is 13.3. The van der Waals surface area contributed by atoms with E-state index in [9.17, 15) is 9.18 Å². The molecule has 0 N–H and O–H groups in total. The van der Waals surface area contributed by atoms with Crippen LogP contribution in [0.4, 0.5) is 4.39 Å². The Morgan fingerprint density at radius 1 is 1.15 bits per heavy atom. The van der Waals surface area contributed by atoms with Crippen LogP contribution in [-0.2, 0) is 0 Å². The highest BCUT2D eigenvalue weighted by molar-refractivity contribution is 6.30. The fourth-order valence-electron chi connectivity index (χ4n) is 2.26. The monoisotopic (exact) mass is 288 g/mol. The SMILES string of the molecule is Cc1oc2ccc(F)cc2c(=O)c1-c1cccc(Cl)c1. The Labute approximate surface area is 119 Å². The fraction of sp³-hybridized carbons (Fsp3) is 0.0625. The average Bonchev–Trinajstić information content (AvgIpc) is 2.40. The minimum Gasteiger partial charge on any atom is -0.460 e. The third-order valence-electron chi connectivity index (χ3n) is 3.14. The third-order valence-corrected chi connectivity index (χ3v) is 3.38. The van der Waals surface area contributed by atoms with Crippen molar-refractivity contribution in [3.05, 3.63) is 69.3 Å². The molecule has 1 aromatic heterocycles. The van der Waals surface area contributed by atoms with Gasteiger partial charge in [-0.05, 0) is 42.8 Å². The number of hydrogen-bond acceptors (Lipinski definition) is 2. The van der Waals surface area contributed by atoms with Crippen molar-refractivity contribution in [3.8, 4) is 11.1 Å². The zero-order valence-corrected chi connectivity index (χ0v) is 11.4. The molecule has 0 aliphatic heterocycles. The quantitative estimate of drug-likeness (QED) is 0.657. The highest BCUT2D eigenvalue weighted by Crippen LogP contribution is 2.26. The van der Waals surface area contributed by atoms with Gasteiger partial charge in [-0.2, -0.15) is 0 Å². The second-order valence-corrected chi connectivity index (χ2v) is 4.95. The first-order valence-corrected chi connectivity index (χ1v) is 6.43. The summed E-state index contributed by atoms with van der Waals surface area (Å²) < 4.78 is 18.9. The lowest BCUT2D eigenvalue weighted by atomic mass is 10.0. The van der Waals surface area contributed by atoms with Gasteiger partial charge in [-0.15, -0.1) is 0 Å². The summed E-state index contributed by atoms with van der Waals surface area (Å²) in [5.74, 6) is 0.0158. The van der Waals surface area contributed by atoms with E-state index in [0.717, 1.165) is 0 Å². The van der Waals surface area contributed by atoms with Crippen molar-refractivity contribution in [2.75, 3.05) is 0 Å². The Morgan fingerprint density at radius 3 is 2.70 bits per heavy atom. The van der Waals surface area contributed by atoms with Crippen LogP contribution >= 0.6 is 11.6 Å². The summed E-state index contributed by atoms with van der Waals surface area (Å²) in [6, 6.07) is 10.9. The van der Waals surface area contributed by atoms with Gasteiger partial charge in [-0.1, -0.05) is 23.7 Å². The minimum atomic E-state index is -0.467. The van der Waals surface area contributed by atoms with E-state index in [1.54, 1.807) is 31.2 Å². The van der Waals surface area contributed by atoms with Crippen LogP contribution in [0.5, 0.6) is 0 Å². The Morgan fingerprint density at radius 2 is 1.95 bits per heavy atom. The van der Waals surface area contributed by atoms with E-state index in [-0.39, 0.29) is 10.8 Å². The van der Waals surface area contributed by atoms with E-state index in [2.05, 4.69) is 0 Å². The molecule has 0 bridgehead atoms. The zero-order valence-electron chi connectivity index (χ0n) is 10.6. The van der Waals surface area contributed by atoms with Crippen LogP contribution in [0.2, 0.25) is 5.02 Å². The average molecular weight is 289 g/mol. The van der Waals surface area contributed by atoms with Crippen LogP contribution in [-0.4, -0.2) is 0 Å². The lowest BCUT2D eigenvalue weighted by Crippen LogP contribution is -2.07. The van der Waals surface area contributed by atoms with E-state index < -0.39 is 5.82 Å². The van der Waals surface area contributed by atoms with Gasteiger partial charge in [0.05, 0.1) is 10.9 Å². The molecule has 0 fully saturated rings. The molecule has 0 atom stereocenters. The molecule has 0 aliphatic carbocycles. The van der Waals surface area contributed by atoms with Gasteiger partial charge in [-0.25, -0.2) is 4.39 Å². The second-order valence-electron chi connectivity index (χ2n) is 4.51. The van der Waals surface area contributed by atoms with Gasteiger partial charge in [0.25, 0.3) is 0 Å². The number of aryl methyl sites for hydroxylation is 1. The highest BCUT2D eigenvalue weighted by atomic mass is 35.5. The highest BCUT2D eigenvalue weighted by Gasteiger charge is 2.14. The first kappa shape index (κ1) is 12.9. The molecule has 1 heterocycles. The molecule has 3 rings (SSSR count). The molecule has 0 saturated heterocycles. The summed E-state index contributed by atoms with van der Waals surface area (Å²) in [5, 5.41) is 0.756. The van der Waals surface area contributed by atoms with E-state index in [4.69, 9.17) is 16.0 Å². The van der Waals surface area contributed by atoms with E-state index >= 15 is 0 Å². The third kappa shape index (κ3) is 2.10. The zero-order chi connectivity index (χ0) is 14.3. The fourth-order valence-corrected chi connectivity index (χ4v) is 2.45. The molecule has 2 aromatic carbocycles. The first-order valence-electron chi connectivity index (χ1n) is 6.05. The smallest absolute Gasteiger partial charge is 0.200 e. The van der Waals surface area contributed by atoms with Gasteiger partial charge >= 0.3 is 0 Å². The Balaban J connectivity index is 2.39. The predicted molar refractivity (Wildman–Crippen MR) is 77.6 cm³/mol. The normalized spacial score (nSPS) is 10.9. The molecule has 0 radical (unpaired) electrons. The van der Waals surface area contributed by atoms with Gasteiger partial charge in [0.2, 0.25) is 5.43 Å². The molecule has 3 aromatic rings. The van der Waals surface area contributed by atoms with Crippen molar-refractivity contribution >= 4 is 22.6 Å². The Hall–Kier alpha value is -2.13. The molecule has 4 heteroatoms. The minimum absolute atomic E-state index is 0.227.